The van der Waals surface area contributed by atoms with Crippen LogP contribution in [0.15, 0.2) is 30.5 Å². The van der Waals surface area contributed by atoms with Crippen molar-refractivity contribution in [2.45, 2.75) is 6.92 Å². The summed E-state index contributed by atoms with van der Waals surface area (Å²) in [6, 6.07) is 6.03. The molecule has 0 fully saturated rings. The molecule has 4 nitrogen and oxygen atoms in total. The summed E-state index contributed by atoms with van der Waals surface area (Å²) in [6.45, 7) is 1.60. The fourth-order valence-electron chi connectivity index (χ4n) is 1.68. The highest BCUT2D eigenvalue weighted by Crippen LogP contribution is 2.22. The molecular formula is C14H13ClFN3O. The predicted octanol–water partition coefficient (Wildman–Crippen LogP) is 3.48. The van der Waals surface area contributed by atoms with Crippen molar-refractivity contribution in [3.05, 3.63) is 52.4 Å². The van der Waals surface area contributed by atoms with Crippen molar-refractivity contribution < 1.29 is 9.18 Å². The van der Waals surface area contributed by atoms with Crippen LogP contribution in [0.4, 0.5) is 15.9 Å². The normalized spacial score (nSPS) is 10.2. The Hall–Kier alpha value is -2.14. The number of aromatic nitrogens is 1. The average molecular weight is 294 g/mol. The first-order valence-electron chi connectivity index (χ1n) is 5.92. The highest BCUT2D eigenvalue weighted by Gasteiger charge is 2.14. The summed E-state index contributed by atoms with van der Waals surface area (Å²) in [6.07, 6.45) is 1.39. The quantitative estimate of drug-likeness (QED) is 0.911. The van der Waals surface area contributed by atoms with Crippen LogP contribution in [0.3, 0.4) is 0 Å². The lowest BCUT2D eigenvalue weighted by Crippen LogP contribution is -2.14. The number of rotatable bonds is 3. The van der Waals surface area contributed by atoms with Gasteiger partial charge in [0.25, 0.3) is 5.91 Å². The van der Waals surface area contributed by atoms with E-state index in [9.17, 15) is 9.18 Å². The van der Waals surface area contributed by atoms with Gasteiger partial charge in [0, 0.05) is 24.5 Å². The van der Waals surface area contributed by atoms with E-state index in [4.69, 9.17) is 11.6 Å². The van der Waals surface area contributed by atoms with Gasteiger partial charge in [0.2, 0.25) is 0 Å². The molecule has 20 heavy (non-hydrogen) atoms. The van der Waals surface area contributed by atoms with Gasteiger partial charge < -0.3 is 10.6 Å². The topological polar surface area (TPSA) is 54.0 Å². The molecule has 0 aliphatic rings. The number of pyridine rings is 1. The molecule has 1 heterocycles. The van der Waals surface area contributed by atoms with Gasteiger partial charge in [0.05, 0.1) is 10.6 Å². The molecule has 2 aromatic rings. The van der Waals surface area contributed by atoms with Crippen LogP contribution in [-0.4, -0.2) is 17.9 Å². The van der Waals surface area contributed by atoms with Crippen molar-refractivity contribution >= 4 is 29.0 Å². The lowest BCUT2D eigenvalue weighted by atomic mass is 10.1. The van der Waals surface area contributed by atoms with Crippen LogP contribution in [0.2, 0.25) is 5.02 Å². The maximum absolute atomic E-state index is 13.4. The number of anilines is 2. The van der Waals surface area contributed by atoms with Gasteiger partial charge in [-0.2, -0.15) is 0 Å². The van der Waals surface area contributed by atoms with E-state index < -0.39 is 5.91 Å². The van der Waals surface area contributed by atoms with Gasteiger partial charge in [-0.25, -0.2) is 9.37 Å². The molecule has 0 aliphatic carbocycles. The van der Waals surface area contributed by atoms with Crippen LogP contribution >= 0.6 is 11.6 Å². The molecule has 0 saturated carbocycles. The zero-order chi connectivity index (χ0) is 14.7. The van der Waals surface area contributed by atoms with E-state index in [2.05, 4.69) is 15.6 Å². The summed E-state index contributed by atoms with van der Waals surface area (Å²) in [5.41, 5.74) is 1.06. The summed E-state index contributed by atoms with van der Waals surface area (Å²) < 4.78 is 13.4. The molecule has 0 unspecified atom stereocenters. The largest absolute Gasteiger partial charge is 0.373 e. The minimum absolute atomic E-state index is 0.232. The van der Waals surface area contributed by atoms with E-state index in [1.165, 1.54) is 24.4 Å². The Morgan fingerprint density at radius 3 is 2.85 bits per heavy atom. The van der Waals surface area contributed by atoms with E-state index in [1.807, 2.05) is 0 Å². The van der Waals surface area contributed by atoms with Gasteiger partial charge in [0.1, 0.15) is 11.6 Å². The van der Waals surface area contributed by atoms with Gasteiger partial charge in [-0.05, 0) is 25.1 Å². The number of benzene rings is 1. The first-order valence-corrected chi connectivity index (χ1v) is 6.30. The molecule has 0 bridgehead atoms. The Labute approximate surface area is 121 Å². The standard InChI is InChI=1S/C14H13ClFN3O/c1-8-11(16)4-3-5-12(8)19-14(20)9-6-13(17-2)18-7-10(9)15/h3-7H,1-2H3,(H,17,18)(H,19,20). The van der Waals surface area contributed by atoms with Crippen LogP contribution in [0, 0.1) is 12.7 Å². The summed E-state index contributed by atoms with van der Waals surface area (Å²) >= 11 is 5.96. The van der Waals surface area contributed by atoms with Crippen molar-refractivity contribution in [2.24, 2.45) is 0 Å². The molecule has 104 valence electrons. The van der Waals surface area contributed by atoms with Crippen LogP contribution in [-0.2, 0) is 0 Å². The summed E-state index contributed by atoms with van der Waals surface area (Å²) in [7, 11) is 1.69. The van der Waals surface area contributed by atoms with Crippen molar-refractivity contribution in [3.63, 3.8) is 0 Å². The molecular weight excluding hydrogens is 281 g/mol. The third kappa shape index (κ3) is 2.88. The minimum atomic E-state index is -0.414. The van der Waals surface area contributed by atoms with Crippen molar-refractivity contribution in [2.75, 3.05) is 17.7 Å². The van der Waals surface area contributed by atoms with E-state index in [0.29, 0.717) is 17.1 Å². The van der Waals surface area contributed by atoms with E-state index in [1.54, 1.807) is 20.0 Å². The SMILES string of the molecule is CNc1cc(C(=O)Nc2cccc(F)c2C)c(Cl)cn1. The maximum atomic E-state index is 13.4. The smallest absolute Gasteiger partial charge is 0.257 e. The number of hydrogen-bond donors (Lipinski definition) is 2. The van der Waals surface area contributed by atoms with Gasteiger partial charge in [-0.1, -0.05) is 17.7 Å². The Morgan fingerprint density at radius 2 is 2.15 bits per heavy atom. The molecule has 0 spiro atoms. The number of nitrogens with zero attached hydrogens (tertiary/aromatic N) is 1. The second-order valence-electron chi connectivity index (χ2n) is 4.17. The Morgan fingerprint density at radius 1 is 1.40 bits per heavy atom. The molecule has 2 rings (SSSR count). The van der Waals surface area contributed by atoms with Crippen molar-refractivity contribution in [1.29, 1.82) is 0 Å². The van der Waals surface area contributed by atoms with Crippen LogP contribution in [0.5, 0.6) is 0 Å². The van der Waals surface area contributed by atoms with Gasteiger partial charge in [-0.15, -0.1) is 0 Å². The Kier molecular flexibility index (Phi) is 4.20. The molecule has 1 aromatic carbocycles. The highest BCUT2D eigenvalue weighted by molar-refractivity contribution is 6.34. The minimum Gasteiger partial charge on any atom is -0.373 e. The number of halogens is 2. The van der Waals surface area contributed by atoms with E-state index in [0.717, 1.165) is 0 Å². The van der Waals surface area contributed by atoms with Crippen LogP contribution in [0.1, 0.15) is 15.9 Å². The first-order chi connectivity index (χ1) is 9.52. The maximum Gasteiger partial charge on any atom is 0.257 e. The predicted molar refractivity (Wildman–Crippen MR) is 77.9 cm³/mol. The van der Waals surface area contributed by atoms with Crippen LogP contribution < -0.4 is 10.6 Å². The third-order valence-electron chi connectivity index (χ3n) is 2.87. The van der Waals surface area contributed by atoms with Crippen molar-refractivity contribution in [3.8, 4) is 0 Å². The first kappa shape index (κ1) is 14.3. The Bertz CT molecular complexity index is 661. The lowest BCUT2D eigenvalue weighted by molar-refractivity contribution is 0.102. The van der Waals surface area contributed by atoms with Gasteiger partial charge >= 0.3 is 0 Å². The summed E-state index contributed by atoms with van der Waals surface area (Å²) in [5, 5.41) is 5.70. The highest BCUT2D eigenvalue weighted by atomic mass is 35.5. The Balaban J connectivity index is 2.30. The monoisotopic (exact) mass is 293 g/mol. The second kappa shape index (κ2) is 5.88. The number of hydrogen-bond acceptors (Lipinski definition) is 3. The molecule has 2 N–H and O–H groups in total. The summed E-state index contributed by atoms with van der Waals surface area (Å²) in [4.78, 5) is 16.2. The molecule has 0 radical (unpaired) electrons. The molecule has 0 atom stereocenters. The van der Waals surface area contributed by atoms with Crippen molar-refractivity contribution in [1.82, 2.24) is 4.98 Å². The molecule has 1 aromatic heterocycles. The fraction of sp³-hybridized carbons (Fsp3) is 0.143. The lowest BCUT2D eigenvalue weighted by Gasteiger charge is -2.10. The van der Waals surface area contributed by atoms with Crippen LogP contribution in [0.25, 0.3) is 0 Å². The van der Waals surface area contributed by atoms with E-state index in [-0.39, 0.29) is 16.4 Å². The zero-order valence-electron chi connectivity index (χ0n) is 11.0. The molecule has 6 heteroatoms. The number of carbonyl (C=O) groups excluding carboxylic acids is 1. The second-order valence-corrected chi connectivity index (χ2v) is 4.57. The van der Waals surface area contributed by atoms with Gasteiger partial charge in [-0.3, -0.25) is 4.79 Å². The molecule has 0 aliphatic heterocycles. The molecule has 1 amide bonds. The number of amides is 1. The average Bonchev–Trinajstić information content (AvgIpc) is 2.44. The fourth-order valence-corrected chi connectivity index (χ4v) is 1.87. The summed E-state index contributed by atoms with van der Waals surface area (Å²) in [5.74, 6) is -0.266. The number of carbonyl (C=O) groups is 1. The van der Waals surface area contributed by atoms with E-state index >= 15 is 0 Å². The third-order valence-corrected chi connectivity index (χ3v) is 3.17. The number of nitrogens with one attached hydrogen (secondary N) is 2. The zero-order valence-corrected chi connectivity index (χ0v) is 11.8. The molecule has 0 saturated heterocycles. The van der Waals surface area contributed by atoms with Gasteiger partial charge in [0.15, 0.2) is 0 Å².